The van der Waals surface area contributed by atoms with Crippen molar-refractivity contribution < 1.29 is 14.6 Å². The Morgan fingerprint density at radius 3 is 2.05 bits per heavy atom. The Morgan fingerprint density at radius 1 is 1.05 bits per heavy atom. The van der Waals surface area contributed by atoms with E-state index in [-0.39, 0.29) is 6.10 Å². The van der Waals surface area contributed by atoms with Gasteiger partial charge in [-0.05, 0) is 37.1 Å². The molecule has 0 bridgehead atoms. The largest absolute Gasteiger partial charge is 0.491 e. The molecule has 0 radical (unpaired) electrons. The molecule has 2 rings (SSSR count). The van der Waals surface area contributed by atoms with Gasteiger partial charge in [-0.25, -0.2) is 0 Å². The summed E-state index contributed by atoms with van der Waals surface area (Å²) in [6.07, 6.45) is 0.0556. The highest BCUT2D eigenvalue weighted by molar-refractivity contribution is 5.88. The van der Waals surface area contributed by atoms with Crippen molar-refractivity contribution in [2.24, 2.45) is 5.73 Å². The molecule has 1 amide bonds. The number of primary amides is 1. The molecule has 3 N–H and O–H groups in total. The number of nitrogens with two attached hydrogens (primary N) is 1. The van der Waals surface area contributed by atoms with Gasteiger partial charge in [0.1, 0.15) is 5.75 Å². The van der Waals surface area contributed by atoms with Gasteiger partial charge in [-0.1, -0.05) is 42.5 Å². The monoisotopic (exact) mass is 285 g/mol. The SMILES string of the molecule is CC(C)Oc1ccc(C(O)(C(N)=O)c2ccccc2)cc1. The standard InChI is InChI=1S/C17H19NO3/c1-12(2)21-15-10-8-14(9-11-15)17(20,16(18)19)13-6-4-3-5-7-13/h3-12,20H,1-2H3,(H2,18,19). The highest BCUT2D eigenvalue weighted by atomic mass is 16.5. The van der Waals surface area contributed by atoms with Crippen LogP contribution in [0.2, 0.25) is 0 Å². The quantitative estimate of drug-likeness (QED) is 0.884. The molecule has 0 saturated carbocycles. The van der Waals surface area contributed by atoms with E-state index in [1.54, 1.807) is 48.5 Å². The maximum atomic E-state index is 11.8. The first kappa shape index (κ1) is 15.1. The van der Waals surface area contributed by atoms with Crippen LogP contribution in [0.5, 0.6) is 5.75 Å². The third-order valence-electron chi connectivity index (χ3n) is 3.19. The summed E-state index contributed by atoms with van der Waals surface area (Å²) in [4.78, 5) is 11.8. The van der Waals surface area contributed by atoms with Crippen LogP contribution in [-0.4, -0.2) is 17.1 Å². The zero-order chi connectivity index (χ0) is 15.5. The number of carbonyl (C=O) groups excluding carboxylic acids is 1. The summed E-state index contributed by atoms with van der Waals surface area (Å²) in [5, 5.41) is 10.8. The Kier molecular flexibility index (Phi) is 4.29. The normalized spacial score (nSPS) is 13.7. The van der Waals surface area contributed by atoms with E-state index in [0.29, 0.717) is 16.9 Å². The molecule has 0 aliphatic heterocycles. The number of carbonyl (C=O) groups is 1. The Balaban J connectivity index is 2.42. The zero-order valence-corrected chi connectivity index (χ0v) is 12.1. The highest BCUT2D eigenvalue weighted by Crippen LogP contribution is 2.30. The molecular weight excluding hydrogens is 266 g/mol. The lowest BCUT2D eigenvalue weighted by Crippen LogP contribution is -2.42. The van der Waals surface area contributed by atoms with Crippen LogP contribution in [-0.2, 0) is 10.4 Å². The number of benzene rings is 2. The number of rotatable bonds is 5. The van der Waals surface area contributed by atoms with E-state index in [4.69, 9.17) is 10.5 Å². The van der Waals surface area contributed by atoms with E-state index in [0.717, 1.165) is 0 Å². The molecule has 0 saturated heterocycles. The van der Waals surface area contributed by atoms with Crippen LogP contribution < -0.4 is 10.5 Å². The predicted molar refractivity (Wildman–Crippen MR) is 80.8 cm³/mol. The highest BCUT2D eigenvalue weighted by Gasteiger charge is 2.37. The molecule has 0 fully saturated rings. The predicted octanol–water partition coefficient (Wildman–Crippen LogP) is 2.20. The van der Waals surface area contributed by atoms with Gasteiger partial charge in [0.2, 0.25) is 0 Å². The fourth-order valence-electron chi connectivity index (χ4n) is 2.18. The van der Waals surface area contributed by atoms with E-state index in [2.05, 4.69) is 0 Å². The summed E-state index contributed by atoms with van der Waals surface area (Å²) in [6, 6.07) is 15.4. The lowest BCUT2D eigenvalue weighted by molar-refractivity contribution is -0.133. The van der Waals surface area contributed by atoms with Gasteiger partial charge in [0.15, 0.2) is 5.60 Å². The number of hydrogen-bond acceptors (Lipinski definition) is 3. The van der Waals surface area contributed by atoms with E-state index in [9.17, 15) is 9.90 Å². The van der Waals surface area contributed by atoms with Gasteiger partial charge >= 0.3 is 0 Å². The molecule has 110 valence electrons. The second-order valence-electron chi connectivity index (χ2n) is 5.13. The van der Waals surface area contributed by atoms with Crippen LogP contribution in [0.25, 0.3) is 0 Å². The van der Waals surface area contributed by atoms with Crippen molar-refractivity contribution in [2.45, 2.75) is 25.6 Å². The minimum Gasteiger partial charge on any atom is -0.491 e. The summed E-state index contributed by atoms with van der Waals surface area (Å²) in [6.45, 7) is 3.86. The number of hydrogen-bond donors (Lipinski definition) is 2. The third kappa shape index (κ3) is 3.06. The number of ether oxygens (including phenoxy) is 1. The first-order chi connectivity index (χ1) is 9.94. The molecule has 4 nitrogen and oxygen atoms in total. The lowest BCUT2D eigenvalue weighted by Gasteiger charge is -2.26. The minimum atomic E-state index is -1.85. The van der Waals surface area contributed by atoms with Gasteiger partial charge in [0.05, 0.1) is 6.10 Å². The van der Waals surface area contributed by atoms with Crippen molar-refractivity contribution >= 4 is 5.91 Å². The molecule has 1 atom stereocenters. The maximum Gasteiger partial charge on any atom is 0.258 e. The van der Waals surface area contributed by atoms with Gasteiger partial charge in [-0.3, -0.25) is 4.79 Å². The van der Waals surface area contributed by atoms with Gasteiger partial charge in [-0.15, -0.1) is 0 Å². The second kappa shape index (κ2) is 5.97. The van der Waals surface area contributed by atoms with Crippen molar-refractivity contribution in [3.8, 4) is 5.75 Å². The summed E-state index contributed by atoms with van der Waals surface area (Å²) >= 11 is 0. The second-order valence-corrected chi connectivity index (χ2v) is 5.13. The van der Waals surface area contributed by atoms with Crippen LogP contribution in [0, 0.1) is 0 Å². The fraction of sp³-hybridized carbons (Fsp3) is 0.235. The first-order valence-corrected chi connectivity index (χ1v) is 6.79. The molecule has 2 aromatic carbocycles. The van der Waals surface area contributed by atoms with Crippen LogP contribution in [0.4, 0.5) is 0 Å². The number of amides is 1. The summed E-state index contributed by atoms with van der Waals surface area (Å²) < 4.78 is 5.55. The van der Waals surface area contributed by atoms with Gasteiger partial charge in [-0.2, -0.15) is 0 Å². The Labute approximate surface area is 124 Å². The molecule has 1 unspecified atom stereocenters. The van der Waals surface area contributed by atoms with E-state index in [1.807, 2.05) is 19.9 Å². The molecule has 0 spiro atoms. The van der Waals surface area contributed by atoms with Crippen molar-refractivity contribution in [3.63, 3.8) is 0 Å². The van der Waals surface area contributed by atoms with Crippen molar-refractivity contribution in [3.05, 3.63) is 65.7 Å². The fourth-order valence-corrected chi connectivity index (χ4v) is 2.18. The van der Waals surface area contributed by atoms with Crippen molar-refractivity contribution in [1.29, 1.82) is 0 Å². The smallest absolute Gasteiger partial charge is 0.258 e. The first-order valence-electron chi connectivity index (χ1n) is 6.79. The summed E-state index contributed by atoms with van der Waals surface area (Å²) in [7, 11) is 0. The van der Waals surface area contributed by atoms with Crippen molar-refractivity contribution in [1.82, 2.24) is 0 Å². The van der Waals surface area contributed by atoms with Crippen LogP contribution in [0.1, 0.15) is 25.0 Å². The van der Waals surface area contributed by atoms with Crippen molar-refractivity contribution in [2.75, 3.05) is 0 Å². The van der Waals surface area contributed by atoms with Gasteiger partial charge < -0.3 is 15.6 Å². The minimum absolute atomic E-state index is 0.0556. The molecule has 2 aromatic rings. The van der Waals surface area contributed by atoms with E-state index in [1.165, 1.54) is 0 Å². The third-order valence-corrected chi connectivity index (χ3v) is 3.19. The van der Waals surface area contributed by atoms with Crippen LogP contribution >= 0.6 is 0 Å². The van der Waals surface area contributed by atoms with E-state index < -0.39 is 11.5 Å². The molecule has 21 heavy (non-hydrogen) atoms. The zero-order valence-electron chi connectivity index (χ0n) is 12.1. The molecule has 0 aliphatic rings. The van der Waals surface area contributed by atoms with Crippen LogP contribution in [0.15, 0.2) is 54.6 Å². The van der Waals surface area contributed by atoms with E-state index >= 15 is 0 Å². The van der Waals surface area contributed by atoms with Crippen LogP contribution in [0.3, 0.4) is 0 Å². The summed E-state index contributed by atoms with van der Waals surface area (Å²) in [5.41, 5.74) is 4.44. The average molecular weight is 285 g/mol. The maximum absolute atomic E-state index is 11.8. The Hall–Kier alpha value is -2.33. The lowest BCUT2D eigenvalue weighted by atomic mass is 9.86. The van der Waals surface area contributed by atoms with Gasteiger partial charge in [0, 0.05) is 0 Å². The Morgan fingerprint density at radius 2 is 1.57 bits per heavy atom. The number of aliphatic hydroxyl groups is 1. The molecule has 4 heteroatoms. The average Bonchev–Trinajstić information content (AvgIpc) is 2.47. The molecule has 0 aromatic heterocycles. The molecular formula is C17H19NO3. The molecule has 0 heterocycles. The Bertz CT molecular complexity index is 608. The molecule has 0 aliphatic carbocycles. The van der Waals surface area contributed by atoms with Gasteiger partial charge in [0.25, 0.3) is 5.91 Å². The summed E-state index contributed by atoms with van der Waals surface area (Å²) in [5.74, 6) is -0.139. The topological polar surface area (TPSA) is 72.6 Å².